The number of hydrogen-bond acceptors (Lipinski definition) is 0. The van der Waals surface area contributed by atoms with Gasteiger partial charge >= 0.3 is 0 Å². The smallest absolute Gasteiger partial charge is 0.154 e. The fourth-order valence-corrected chi connectivity index (χ4v) is 1.68. The van der Waals surface area contributed by atoms with E-state index in [4.69, 9.17) is 6.57 Å². The van der Waals surface area contributed by atoms with Crippen LogP contribution in [-0.2, 0) is 0 Å². The minimum absolute atomic E-state index is 1.06. The predicted octanol–water partition coefficient (Wildman–Crippen LogP) is 4.75. The summed E-state index contributed by atoms with van der Waals surface area (Å²) in [6, 6.07) is 18.2. The third-order valence-corrected chi connectivity index (χ3v) is 2.58. The van der Waals surface area contributed by atoms with Crippen LogP contribution >= 0.6 is 0 Å². The number of nitrogens with zero attached hydrogens (tertiary/aromatic N) is 1. The fourth-order valence-electron chi connectivity index (χ4n) is 1.68. The third-order valence-electron chi connectivity index (χ3n) is 2.58. The van der Waals surface area contributed by atoms with Gasteiger partial charge in [0, 0.05) is 0 Å². The largest absolute Gasteiger partial charge is 0.246 e. The Bertz CT molecular complexity index is 601. The maximum absolute atomic E-state index is 6.78. The van der Waals surface area contributed by atoms with Crippen molar-refractivity contribution in [1.82, 2.24) is 0 Å². The molecule has 0 heterocycles. The summed E-state index contributed by atoms with van der Waals surface area (Å²) in [5.41, 5.74) is 3.34. The van der Waals surface area contributed by atoms with Crippen LogP contribution in [0.5, 0.6) is 0 Å². The molecule has 0 saturated carbocycles. The van der Waals surface area contributed by atoms with Crippen molar-refractivity contribution in [2.24, 2.45) is 0 Å². The van der Waals surface area contributed by atoms with E-state index >= 15 is 0 Å². The maximum Gasteiger partial charge on any atom is 0.154 e. The molecule has 18 heavy (non-hydrogen) atoms. The Kier molecular flexibility index (Phi) is 4.11. The first-order valence-corrected chi connectivity index (χ1v) is 5.75. The summed E-state index contributed by atoms with van der Waals surface area (Å²) in [4.78, 5) is 3.24. The first kappa shape index (κ1) is 11.9. The highest BCUT2D eigenvalue weighted by Crippen LogP contribution is 2.14. The molecular formula is C17H13N. The molecule has 1 heteroatoms. The molecule has 0 aliphatic carbocycles. The summed E-state index contributed by atoms with van der Waals surface area (Å²) in [5, 5.41) is 0. The third kappa shape index (κ3) is 3.20. The predicted molar refractivity (Wildman–Crippen MR) is 77.4 cm³/mol. The summed E-state index contributed by atoms with van der Waals surface area (Å²) in [6.45, 7) is 6.78. The van der Waals surface area contributed by atoms with Crippen LogP contribution in [0.1, 0.15) is 16.7 Å². The Morgan fingerprint density at radius 2 is 1.33 bits per heavy atom. The summed E-state index contributed by atoms with van der Waals surface area (Å²) < 4.78 is 0. The summed E-state index contributed by atoms with van der Waals surface area (Å²) in [5.74, 6) is 0. The number of rotatable bonds is 3. The standard InChI is InChI=1S/C17H13N/c1-18-14-13-17-10-6-5-9-16(17)12-11-15-7-3-2-4-8-15/h2-14H/b12-11+,14-13+. The van der Waals surface area contributed by atoms with E-state index in [1.807, 2.05) is 48.5 Å². The molecule has 0 amide bonds. The van der Waals surface area contributed by atoms with E-state index in [0.717, 1.165) is 11.1 Å². The molecule has 0 atom stereocenters. The van der Waals surface area contributed by atoms with Crippen LogP contribution in [0.3, 0.4) is 0 Å². The van der Waals surface area contributed by atoms with Crippen LogP contribution in [0.2, 0.25) is 0 Å². The normalized spacial score (nSPS) is 10.8. The van der Waals surface area contributed by atoms with Crippen LogP contribution in [0, 0.1) is 6.57 Å². The van der Waals surface area contributed by atoms with Gasteiger partial charge in [-0.25, -0.2) is 4.85 Å². The molecule has 0 unspecified atom stereocenters. The van der Waals surface area contributed by atoms with Crippen molar-refractivity contribution < 1.29 is 0 Å². The molecule has 0 aliphatic rings. The Morgan fingerprint density at radius 3 is 2.00 bits per heavy atom. The molecule has 2 aromatic rings. The second-order valence-electron chi connectivity index (χ2n) is 3.82. The highest BCUT2D eigenvalue weighted by Gasteiger charge is 1.93. The number of benzene rings is 2. The van der Waals surface area contributed by atoms with E-state index < -0.39 is 0 Å². The van der Waals surface area contributed by atoms with Gasteiger partial charge in [-0.3, -0.25) is 0 Å². The number of hydrogen-bond donors (Lipinski definition) is 0. The second-order valence-corrected chi connectivity index (χ2v) is 3.82. The minimum atomic E-state index is 1.06. The molecule has 0 spiro atoms. The quantitative estimate of drug-likeness (QED) is 0.530. The van der Waals surface area contributed by atoms with E-state index in [9.17, 15) is 0 Å². The zero-order valence-electron chi connectivity index (χ0n) is 9.95. The molecule has 0 saturated heterocycles. The van der Waals surface area contributed by atoms with Gasteiger partial charge in [-0.2, -0.15) is 0 Å². The van der Waals surface area contributed by atoms with Crippen molar-refractivity contribution in [3.05, 3.63) is 88.9 Å². The van der Waals surface area contributed by atoms with Crippen LogP contribution in [-0.4, -0.2) is 0 Å². The summed E-state index contributed by atoms with van der Waals surface area (Å²) in [7, 11) is 0. The molecule has 0 radical (unpaired) electrons. The average Bonchev–Trinajstić information content (AvgIpc) is 2.45. The molecule has 2 rings (SSSR count). The van der Waals surface area contributed by atoms with Gasteiger partial charge in [0.15, 0.2) is 6.20 Å². The van der Waals surface area contributed by atoms with Crippen LogP contribution in [0.4, 0.5) is 0 Å². The van der Waals surface area contributed by atoms with E-state index in [1.54, 1.807) is 0 Å². The van der Waals surface area contributed by atoms with Gasteiger partial charge in [0.25, 0.3) is 0 Å². The first-order chi connectivity index (χ1) is 8.90. The van der Waals surface area contributed by atoms with Gasteiger partial charge in [-0.05, 0) is 16.7 Å². The monoisotopic (exact) mass is 231 g/mol. The van der Waals surface area contributed by atoms with E-state index in [2.05, 4.69) is 29.1 Å². The minimum Gasteiger partial charge on any atom is -0.246 e. The van der Waals surface area contributed by atoms with Crippen molar-refractivity contribution in [1.29, 1.82) is 0 Å². The highest BCUT2D eigenvalue weighted by molar-refractivity contribution is 5.75. The molecule has 0 aliphatic heterocycles. The molecule has 0 aromatic heterocycles. The lowest BCUT2D eigenvalue weighted by molar-refractivity contribution is 1.61. The average molecular weight is 231 g/mol. The van der Waals surface area contributed by atoms with Crippen molar-refractivity contribution in [2.75, 3.05) is 0 Å². The topological polar surface area (TPSA) is 4.36 Å². The molecular weight excluding hydrogens is 218 g/mol. The van der Waals surface area contributed by atoms with E-state index in [1.165, 1.54) is 11.8 Å². The van der Waals surface area contributed by atoms with Gasteiger partial charge in [0.1, 0.15) is 0 Å². The second kappa shape index (κ2) is 6.22. The molecule has 1 nitrogen and oxygen atoms in total. The van der Waals surface area contributed by atoms with Gasteiger partial charge in [-0.15, -0.1) is 0 Å². The lowest BCUT2D eigenvalue weighted by Crippen LogP contribution is -1.79. The summed E-state index contributed by atoms with van der Waals surface area (Å²) >= 11 is 0. The summed E-state index contributed by atoms with van der Waals surface area (Å²) in [6.07, 6.45) is 7.45. The van der Waals surface area contributed by atoms with E-state index in [-0.39, 0.29) is 0 Å². The lowest BCUT2D eigenvalue weighted by Gasteiger charge is -2.00. The maximum atomic E-state index is 6.78. The Hall–Kier alpha value is -2.59. The Morgan fingerprint density at radius 1 is 0.722 bits per heavy atom. The SMILES string of the molecule is [C-]#[N+]/C=C/c1ccccc1/C=C/c1ccccc1. The Balaban J connectivity index is 2.27. The molecule has 86 valence electrons. The van der Waals surface area contributed by atoms with Gasteiger partial charge < -0.3 is 0 Å². The van der Waals surface area contributed by atoms with Crippen LogP contribution in [0.25, 0.3) is 23.1 Å². The first-order valence-electron chi connectivity index (χ1n) is 5.75. The lowest BCUT2D eigenvalue weighted by atomic mass is 10.1. The van der Waals surface area contributed by atoms with E-state index in [0.29, 0.717) is 0 Å². The van der Waals surface area contributed by atoms with Crippen molar-refractivity contribution in [3.8, 4) is 0 Å². The fraction of sp³-hybridized carbons (Fsp3) is 0. The molecule has 0 N–H and O–H groups in total. The zero-order valence-corrected chi connectivity index (χ0v) is 9.95. The van der Waals surface area contributed by atoms with Crippen molar-refractivity contribution in [3.63, 3.8) is 0 Å². The van der Waals surface area contributed by atoms with Gasteiger partial charge in [0.05, 0.1) is 6.57 Å². The van der Waals surface area contributed by atoms with Crippen molar-refractivity contribution in [2.45, 2.75) is 0 Å². The zero-order chi connectivity index (χ0) is 12.6. The van der Waals surface area contributed by atoms with Crippen LogP contribution in [0.15, 0.2) is 60.8 Å². The van der Waals surface area contributed by atoms with Gasteiger partial charge in [-0.1, -0.05) is 72.8 Å². The Labute approximate surface area is 108 Å². The highest BCUT2D eigenvalue weighted by atomic mass is 14.6. The van der Waals surface area contributed by atoms with Crippen molar-refractivity contribution >= 4 is 18.2 Å². The molecule has 0 bridgehead atoms. The molecule has 2 aromatic carbocycles. The molecule has 0 fully saturated rings. The van der Waals surface area contributed by atoms with Crippen LogP contribution < -0.4 is 0 Å². The van der Waals surface area contributed by atoms with Gasteiger partial charge in [0.2, 0.25) is 0 Å².